The predicted molar refractivity (Wildman–Crippen MR) is 74.1 cm³/mol. The molecule has 0 unspecified atom stereocenters. The number of carboxylic acid groups (broad SMARTS) is 1. The van der Waals surface area contributed by atoms with Gasteiger partial charge in [0.2, 0.25) is 10.0 Å². The minimum absolute atomic E-state index is 0.0901. The number of carboxylic acids is 1. The molecule has 0 bridgehead atoms. The maximum absolute atomic E-state index is 12.3. The van der Waals surface area contributed by atoms with E-state index >= 15 is 0 Å². The van der Waals surface area contributed by atoms with Gasteiger partial charge in [-0.25, -0.2) is 8.42 Å². The van der Waals surface area contributed by atoms with E-state index in [-0.39, 0.29) is 11.3 Å². The summed E-state index contributed by atoms with van der Waals surface area (Å²) in [4.78, 5) is 11.1. The Balaban J connectivity index is 3.20. The van der Waals surface area contributed by atoms with Crippen LogP contribution in [0.1, 0.15) is 23.1 Å². The number of aryl methyl sites for hydroxylation is 3. The molecule has 0 saturated heterocycles. The third-order valence-electron chi connectivity index (χ3n) is 2.89. The molecule has 0 aliphatic carbocycles. The summed E-state index contributed by atoms with van der Waals surface area (Å²) >= 11 is 0. The zero-order valence-corrected chi connectivity index (χ0v) is 12.5. The molecule has 1 aromatic carbocycles. The summed E-state index contributed by atoms with van der Waals surface area (Å²) < 4.78 is 26.8. The van der Waals surface area contributed by atoms with Crippen molar-refractivity contribution < 1.29 is 23.4 Å². The number of carbonyl (C=O) groups is 1. The van der Waals surface area contributed by atoms with Gasteiger partial charge in [0.1, 0.15) is 6.04 Å². The van der Waals surface area contributed by atoms with Gasteiger partial charge in [0, 0.05) is 6.61 Å². The van der Waals surface area contributed by atoms with E-state index in [0.29, 0.717) is 11.1 Å². The number of benzene rings is 1. The molecule has 0 heterocycles. The first-order valence-electron chi connectivity index (χ1n) is 6.13. The number of hydrogen-bond donors (Lipinski definition) is 3. The third-order valence-corrected chi connectivity index (χ3v) is 4.66. The maximum atomic E-state index is 12.3. The summed E-state index contributed by atoms with van der Waals surface area (Å²) in [5.41, 5.74) is 2.05. The lowest BCUT2D eigenvalue weighted by atomic mass is 10.1. The van der Waals surface area contributed by atoms with Crippen molar-refractivity contribution >= 4 is 16.0 Å². The van der Waals surface area contributed by atoms with Crippen molar-refractivity contribution in [1.82, 2.24) is 4.72 Å². The molecule has 0 radical (unpaired) electrons. The molecule has 1 aromatic rings. The molecule has 7 heteroatoms. The molecule has 20 heavy (non-hydrogen) atoms. The highest BCUT2D eigenvalue weighted by molar-refractivity contribution is 7.89. The van der Waals surface area contributed by atoms with Crippen LogP contribution in [0.25, 0.3) is 0 Å². The summed E-state index contributed by atoms with van der Waals surface area (Å²) in [6.45, 7) is 4.77. The second-order valence-corrected chi connectivity index (χ2v) is 6.40. The normalized spacial score (nSPS) is 13.2. The van der Waals surface area contributed by atoms with Crippen LogP contribution in [0.5, 0.6) is 0 Å². The van der Waals surface area contributed by atoms with E-state index in [1.54, 1.807) is 26.0 Å². The molecule has 0 saturated carbocycles. The Morgan fingerprint density at radius 3 is 2.15 bits per heavy atom. The van der Waals surface area contributed by atoms with Crippen molar-refractivity contribution in [3.05, 3.63) is 28.8 Å². The topological polar surface area (TPSA) is 104 Å². The smallest absolute Gasteiger partial charge is 0.321 e. The maximum Gasteiger partial charge on any atom is 0.321 e. The molecule has 0 aliphatic rings. The van der Waals surface area contributed by atoms with Gasteiger partial charge in [-0.2, -0.15) is 4.72 Å². The summed E-state index contributed by atoms with van der Waals surface area (Å²) in [5.74, 6) is -1.31. The van der Waals surface area contributed by atoms with Crippen LogP contribution >= 0.6 is 0 Å². The van der Waals surface area contributed by atoms with Crippen LogP contribution in [0.15, 0.2) is 17.0 Å². The van der Waals surface area contributed by atoms with Gasteiger partial charge in [0.05, 0.1) is 4.90 Å². The highest BCUT2D eigenvalue weighted by atomic mass is 32.2. The van der Waals surface area contributed by atoms with Gasteiger partial charge in [-0.1, -0.05) is 17.7 Å². The fourth-order valence-electron chi connectivity index (χ4n) is 2.20. The van der Waals surface area contributed by atoms with E-state index in [1.807, 2.05) is 6.92 Å². The second kappa shape index (κ2) is 6.34. The number of aliphatic carboxylic acids is 1. The fourth-order valence-corrected chi connectivity index (χ4v) is 3.88. The average molecular weight is 301 g/mol. The Morgan fingerprint density at radius 2 is 1.75 bits per heavy atom. The number of hydrogen-bond acceptors (Lipinski definition) is 4. The molecule has 1 atom stereocenters. The lowest BCUT2D eigenvalue weighted by Gasteiger charge is -2.17. The Labute approximate surface area is 118 Å². The number of nitrogens with one attached hydrogen (secondary N) is 1. The molecular weight excluding hydrogens is 282 g/mol. The van der Waals surface area contributed by atoms with Gasteiger partial charge >= 0.3 is 5.97 Å². The number of rotatable bonds is 6. The van der Waals surface area contributed by atoms with E-state index in [9.17, 15) is 13.2 Å². The summed E-state index contributed by atoms with van der Waals surface area (Å²) in [6, 6.07) is 2.11. The van der Waals surface area contributed by atoms with Crippen molar-refractivity contribution in [1.29, 1.82) is 0 Å². The molecule has 3 N–H and O–H groups in total. The minimum Gasteiger partial charge on any atom is -0.480 e. The monoisotopic (exact) mass is 301 g/mol. The first-order valence-corrected chi connectivity index (χ1v) is 7.61. The van der Waals surface area contributed by atoms with Crippen LogP contribution in [0.4, 0.5) is 0 Å². The Kier molecular flexibility index (Phi) is 5.27. The van der Waals surface area contributed by atoms with Crippen molar-refractivity contribution in [2.75, 3.05) is 6.61 Å². The summed E-state index contributed by atoms with van der Waals surface area (Å²) in [5, 5.41) is 17.8. The van der Waals surface area contributed by atoms with Crippen LogP contribution < -0.4 is 4.72 Å². The van der Waals surface area contributed by atoms with Gasteiger partial charge < -0.3 is 10.2 Å². The largest absolute Gasteiger partial charge is 0.480 e. The van der Waals surface area contributed by atoms with Gasteiger partial charge in [-0.3, -0.25) is 4.79 Å². The molecule has 6 nitrogen and oxygen atoms in total. The Hall–Kier alpha value is -1.44. The SMILES string of the molecule is Cc1cc(C)c(S(=O)(=O)N[C@@H](CCO)C(=O)O)c(C)c1. The predicted octanol–water partition coefficient (Wildman–Crippen LogP) is 0.726. The van der Waals surface area contributed by atoms with Gasteiger partial charge in [-0.05, 0) is 38.3 Å². The molecule has 0 fully saturated rings. The fraction of sp³-hybridized carbons (Fsp3) is 0.462. The Morgan fingerprint density at radius 1 is 1.25 bits per heavy atom. The number of sulfonamides is 1. The first-order chi connectivity index (χ1) is 9.19. The quantitative estimate of drug-likeness (QED) is 0.718. The van der Waals surface area contributed by atoms with E-state index in [1.165, 1.54) is 0 Å². The second-order valence-electron chi connectivity index (χ2n) is 4.75. The van der Waals surface area contributed by atoms with E-state index in [2.05, 4.69) is 4.72 Å². The third kappa shape index (κ3) is 3.78. The molecule has 0 amide bonds. The van der Waals surface area contributed by atoms with Crippen LogP contribution in [0.3, 0.4) is 0 Å². The molecule has 0 aliphatic heterocycles. The minimum atomic E-state index is -3.95. The highest BCUT2D eigenvalue weighted by Crippen LogP contribution is 2.22. The zero-order valence-electron chi connectivity index (χ0n) is 11.7. The van der Waals surface area contributed by atoms with Crippen LogP contribution in [-0.4, -0.2) is 37.2 Å². The summed E-state index contributed by atoms with van der Waals surface area (Å²) in [6.07, 6.45) is -0.182. The first kappa shape index (κ1) is 16.6. The lowest BCUT2D eigenvalue weighted by molar-refractivity contribution is -0.139. The molecular formula is C13H19NO5S. The van der Waals surface area contributed by atoms with E-state index in [0.717, 1.165) is 5.56 Å². The van der Waals surface area contributed by atoms with Crippen LogP contribution in [-0.2, 0) is 14.8 Å². The molecule has 1 rings (SSSR count). The lowest BCUT2D eigenvalue weighted by Crippen LogP contribution is -2.41. The van der Waals surface area contributed by atoms with Crippen molar-refractivity contribution in [3.8, 4) is 0 Å². The van der Waals surface area contributed by atoms with Crippen LogP contribution in [0, 0.1) is 20.8 Å². The van der Waals surface area contributed by atoms with Crippen LogP contribution in [0.2, 0.25) is 0 Å². The average Bonchev–Trinajstić information content (AvgIpc) is 2.25. The zero-order chi connectivity index (χ0) is 15.5. The van der Waals surface area contributed by atoms with E-state index < -0.39 is 28.6 Å². The molecule has 0 aromatic heterocycles. The standard InChI is InChI=1S/C13H19NO5S/c1-8-6-9(2)12(10(3)7-8)20(18,19)14-11(4-5-15)13(16)17/h6-7,11,14-15H,4-5H2,1-3H3,(H,16,17)/t11-/m0/s1. The molecule has 112 valence electrons. The van der Waals surface area contributed by atoms with Crippen molar-refractivity contribution in [2.24, 2.45) is 0 Å². The van der Waals surface area contributed by atoms with Crippen molar-refractivity contribution in [3.63, 3.8) is 0 Å². The number of aliphatic hydroxyl groups excluding tert-OH is 1. The van der Waals surface area contributed by atoms with Gasteiger partial charge in [0.25, 0.3) is 0 Å². The van der Waals surface area contributed by atoms with Gasteiger partial charge in [0.15, 0.2) is 0 Å². The Bertz CT molecular complexity index is 586. The molecule has 0 spiro atoms. The number of aliphatic hydroxyl groups is 1. The van der Waals surface area contributed by atoms with Gasteiger partial charge in [-0.15, -0.1) is 0 Å². The van der Waals surface area contributed by atoms with E-state index in [4.69, 9.17) is 10.2 Å². The summed E-state index contributed by atoms with van der Waals surface area (Å²) in [7, 11) is -3.95. The van der Waals surface area contributed by atoms with Crippen molar-refractivity contribution in [2.45, 2.75) is 38.1 Å². The highest BCUT2D eigenvalue weighted by Gasteiger charge is 2.27.